The molecular weight excluding hydrogens is 298 g/mol. The van der Waals surface area contributed by atoms with Gasteiger partial charge in [-0.2, -0.15) is 0 Å². The Bertz CT molecular complexity index is 572. The lowest BCUT2D eigenvalue weighted by atomic mass is 10.2. The molecule has 4 nitrogen and oxygen atoms in total. The van der Waals surface area contributed by atoms with Crippen LogP contribution in [0.2, 0.25) is 0 Å². The molecule has 1 N–H and O–H groups in total. The number of pyridine rings is 1. The molecule has 0 saturated heterocycles. The van der Waals surface area contributed by atoms with Gasteiger partial charge in [0.2, 0.25) is 0 Å². The molecule has 2 aromatic rings. The molecule has 0 amide bonds. The summed E-state index contributed by atoms with van der Waals surface area (Å²) in [5.41, 5.74) is 1.06. The van der Waals surface area contributed by atoms with E-state index in [9.17, 15) is 4.79 Å². The standard InChI is InChI=1S/C13H10BrNO3/c14-10-3-1-2-9(6-10)8-18-12-7-15-5-4-11(12)13(16)17/h1-7H,8H2,(H,16,17). The zero-order chi connectivity index (χ0) is 13.0. The molecule has 0 aliphatic heterocycles. The summed E-state index contributed by atoms with van der Waals surface area (Å²) >= 11 is 3.36. The Labute approximate surface area is 112 Å². The van der Waals surface area contributed by atoms with Crippen molar-refractivity contribution in [1.82, 2.24) is 4.98 Å². The molecule has 0 aliphatic carbocycles. The molecule has 0 unspecified atom stereocenters. The van der Waals surface area contributed by atoms with Crippen LogP contribution in [0.3, 0.4) is 0 Å². The second-order valence-corrected chi connectivity index (χ2v) is 4.51. The Morgan fingerprint density at radius 2 is 2.22 bits per heavy atom. The maximum Gasteiger partial charge on any atom is 0.339 e. The third kappa shape index (κ3) is 3.07. The van der Waals surface area contributed by atoms with E-state index in [2.05, 4.69) is 20.9 Å². The smallest absolute Gasteiger partial charge is 0.339 e. The fraction of sp³-hybridized carbons (Fsp3) is 0.0769. The molecule has 92 valence electrons. The van der Waals surface area contributed by atoms with Crippen LogP contribution in [0.15, 0.2) is 47.2 Å². The molecule has 0 bridgehead atoms. The molecule has 1 heterocycles. The van der Waals surface area contributed by atoms with Crippen LogP contribution in [0.1, 0.15) is 15.9 Å². The molecule has 0 aliphatic rings. The van der Waals surface area contributed by atoms with Crippen LogP contribution in [0.25, 0.3) is 0 Å². The Morgan fingerprint density at radius 3 is 2.94 bits per heavy atom. The molecule has 0 saturated carbocycles. The number of halogens is 1. The first-order valence-electron chi connectivity index (χ1n) is 5.21. The number of hydrogen-bond donors (Lipinski definition) is 1. The first-order valence-corrected chi connectivity index (χ1v) is 6.00. The van der Waals surface area contributed by atoms with Crippen molar-refractivity contribution in [3.63, 3.8) is 0 Å². The molecule has 0 fully saturated rings. The van der Waals surface area contributed by atoms with Gasteiger partial charge in [0.15, 0.2) is 5.75 Å². The minimum Gasteiger partial charge on any atom is -0.486 e. The number of carboxylic acids is 1. The lowest BCUT2D eigenvalue weighted by Gasteiger charge is -2.08. The number of rotatable bonds is 4. The highest BCUT2D eigenvalue weighted by Gasteiger charge is 2.10. The van der Waals surface area contributed by atoms with Crippen molar-refractivity contribution in [2.24, 2.45) is 0 Å². The summed E-state index contributed by atoms with van der Waals surface area (Å²) in [4.78, 5) is 14.8. The monoisotopic (exact) mass is 307 g/mol. The Balaban J connectivity index is 2.13. The summed E-state index contributed by atoms with van der Waals surface area (Å²) in [6.07, 6.45) is 2.83. The number of ether oxygens (including phenoxy) is 1. The van der Waals surface area contributed by atoms with Crippen LogP contribution in [-0.4, -0.2) is 16.1 Å². The molecular formula is C13H10BrNO3. The predicted octanol–water partition coefficient (Wildman–Crippen LogP) is 3.12. The van der Waals surface area contributed by atoms with Gasteiger partial charge in [-0.1, -0.05) is 28.1 Å². The quantitative estimate of drug-likeness (QED) is 0.943. The van der Waals surface area contributed by atoms with Crippen molar-refractivity contribution in [1.29, 1.82) is 0 Å². The van der Waals surface area contributed by atoms with Gasteiger partial charge in [-0.3, -0.25) is 4.98 Å². The Hall–Kier alpha value is -1.88. The fourth-order valence-corrected chi connectivity index (χ4v) is 1.91. The van der Waals surface area contributed by atoms with E-state index < -0.39 is 5.97 Å². The van der Waals surface area contributed by atoms with Gasteiger partial charge in [0.25, 0.3) is 0 Å². The Kier molecular flexibility index (Phi) is 3.94. The van der Waals surface area contributed by atoms with Crippen molar-refractivity contribution in [2.75, 3.05) is 0 Å². The zero-order valence-corrected chi connectivity index (χ0v) is 10.9. The average molecular weight is 308 g/mol. The topological polar surface area (TPSA) is 59.4 Å². The summed E-state index contributed by atoms with van der Waals surface area (Å²) in [6.45, 7) is 0.297. The number of aromatic carboxylic acids is 1. The lowest BCUT2D eigenvalue weighted by Crippen LogP contribution is -2.03. The number of carbonyl (C=O) groups is 1. The van der Waals surface area contributed by atoms with E-state index in [1.165, 1.54) is 18.5 Å². The molecule has 5 heteroatoms. The van der Waals surface area contributed by atoms with Crippen molar-refractivity contribution >= 4 is 21.9 Å². The summed E-state index contributed by atoms with van der Waals surface area (Å²) in [6, 6.07) is 9.04. The maximum absolute atomic E-state index is 11.0. The van der Waals surface area contributed by atoms with E-state index in [1.807, 2.05) is 24.3 Å². The lowest BCUT2D eigenvalue weighted by molar-refractivity contribution is 0.0691. The number of aromatic nitrogens is 1. The van der Waals surface area contributed by atoms with Gasteiger partial charge < -0.3 is 9.84 Å². The van der Waals surface area contributed by atoms with Crippen molar-refractivity contribution in [3.05, 3.63) is 58.3 Å². The highest BCUT2D eigenvalue weighted by atomic mass is 79.9. The minimum absolute atomic E-state index is 0.111. The van der Waals surface area contributed by atoms with Crippen molar-refractivity contribution in [2.45, 2.75) is 6.61 Å². The molecule has 0 radical (unpaired) electrons. The van der Waals surface area contributed by atoms with E-state index in [1.54, 1.807) is 0 Å². The third-order valence-electron chi connectivity index (χ3n) is 2.30. The highest BCUT2D eigenvalue weighted by molar-refractivity contribution is 9.10. The SMILES string of the molecule is O=C(O)c1ccncc1OCc1cccc(Br)c1. The van der Waals surface area contributed by atoms with E-state index in [4.69, 9.17) is 9.84 Å². The maximum atomic E-state index is 11.0. The normalized spacial score (nSPS) is 10.1. The Morgan fingerprint density at radius 1 is 1.39 bits per heavy atom. The van der Waals surface area contributed by atoms with Gasteiger partial charge >= 0.3 is 5.97 Å². The van der Waals surface area contributed by atoms with Crippen molar-refractivity contribution < 1.29 is 14.6 Å². The second kappa shape index (κ2) is 5.64. The van der Waals surface area contributed by atoms with E-state index >= 15 is 0 Å². The molecule has 0 atom stereocenters. The molecule has 18 heavy (non-hydrogen) atoms. The van der Waals surface area contributed by atoms with E-state index in [0.29, 0.717) is 6.61 Å². The van der Waals surface area contributed by atoms with Gasteiger partial charge in [0.1, 0.15) is 12.2 Å². The number of benzene rings is 1. The van der Waals surface area contributed by atoms with Gasteiger partial charge in [-0.05, 0) is 23.8 Å². The highest BCUT2D eigenvalue weighted by Crippen LogP contribution is 2.19. The molecule has 0 spiro atoms. The van der Waals surface area contributed by atoms with Crippen LogP contribution in [0, 0.1) is 0 Å². The number of carboxylic acid groups (broad SMARTS) is 1. The van der Waals surface area contributed by atoms with Gasteiger partial charge in [-0.15, -0.1) is 0 Å². The van der Waals surface area contributed by atoms with Crippen LogP contribution >= 0.6 is 15.9 Å². The first kappa shape index (κ1) is 12.6. The van der Waals surface area contributed by atoms with Crippen LogP contribution < -0.4 is 4.74 Å². The average Bonchev–Trinajstić information content (AvgIpc) is 2.37. The van der Waals surface area contributed by atoms with Crippen molar-refractivity contribution in [3.8, 4) is 5.75 Å². The number of nitrogens with zero attached hydrogens (tertiary/aromatic N) is 1. The van der Waals surface area contributed by atoms with Gasteiger partial charge in [0, 0.05) is 10.7 Å². The summed E-state index contributed by atoms with van der Waals surface area (Å²) in [5, 5.41) is 8.99. The summed E-state index contributed by atoms with van der Waals surface area (Å²) in [5.74, 6) is -0.758. The molecule has 2 rings (SSSR count). The third-order valence-corrected chi connectivity index (χ3v) is 2.79. The van der Waals surface area contributed by atoms with Gasteiger partial charge in [0.05, 0.1) is 6.20 Å². The van der Waals surface area contributed by atoms with E-state index in [-0.39, 0.29) is 11.3 Å². The zero-order valence-electron chi connectivity index (χ0n) is 9.34. The van der Waals surface area contributed by atoms with Crippen LogP contribution in [0.4, 0.5) is 0 Å². The van der Waals surface area contributed by atoms with E-state index in [0.717, 1.165) is 10.0 Å². The number of hydrogen-bond acceptors (Lipinski definition) is 3. The largest absolute Gasteiger partial charge is 0.486 e. The van der Waals surface area contributed by atoms with Crippen LogP contribution in [-0.2, 0) is 6.61 Å². The molecule has 1 aromatic carbocycles. The minimum atomic E-state index is -1.03. The summed E-state index contributed by atoms with van der Waals surface area (Å²) < 4.78 is 6.43. The second-order valence-electron chi connectivity index (χ2n) is 3.60. The summed E-state index contributed by atoms with van der Waals surface area (Å²) in [7, 11) is 0. The molecule has 1 aromatic heterocycles. The fourth-order valence-electron chi connectivity index (χ4n) is 1.46. The predicted molar refractivity (Wildman–Crippen MR) is 69.7 cm³/mol. The first-order chi connectivity index (χ1) is 8.66. The van der Waals surface area contributed by atoms with Crippen LogP contribution in [0.5, 0.6) is 5.75 Å². The van der Waals surface area contributed by atoms with Gasteiger partial charge in [-0.25, -0.2) is 4.79 Å².